The third-order valence-corrected chi connectivity index (χ3v) is 6.12. The van der Waals surface area contributed by atoms with E-state index in [0.717, 1.165) is 26.4 Å². The summed E-state index contributed by atoms with van der Waals surface area (Å²) in [6.07, 6.45) is 0. The first-order chi connectivity index (χ1) is 14.8. The van der Waals surface area contributed by atoms with E-state index in [1.807, 2.05) is 73.0 Å². The largest absolute Gasteiger partial charge is 0.465 e. The lowest BCUT2D eigenvalue weighted by molar-refractivity contribution is -0.143. The van der Waals surface area contributed by atoms with Gasteiger partial charge in [0.15, 0.2) is 0 Å². The monoisotopic (exact) mass is 459 g/mol. The molecule has 0 unspecified atom stereocenters. The van der Waals surface area contributed by atoms with E-state index < -0.39 is 0 Å². The van der Waals surface area contributed by atoms with Crippen molar-refractivity contribution >= 4 is 51.8 Å². The van der Waals surface area contributed by atoms with Gasteiger partial charge >= 0.3 is 5.97 Å². The summed E-state index contributed by atoms with van der Waals surface area (Å²) in [6, 6.07) is 13.3. The van der Waals surface area contributed by atoms with Crippen LogP contribution >= 0.6 is 23.4 Å². The van der Waals surface area contributed by atoms with E-state index in [2.05, 4.69) is 5.32 Å². The molecule has 0 saturated carbocycles. The van der Waals surface area contributed by atoms with E-state index in [-0.39, 0.29) is 25.0 Å². The number of carbonyl (C=O) groups is 2. The molecule has 3 rings (SSSR count). The predicted molar refractivity (Wildman–Crippen MR) is 126 cm³/mol. The van der Waals surface area contributed by atoms with Crippen molar-refractivity contribution in [1.29, 1.82) is 0 Å². The Morgan fingerprint density at radius 1 is 1.16 bits per heavy atom. The summed E-state index contributed by atoms with van der Waals surface area (Å²) in [4.78, 5) is 28.5. The Kier molecular flexibility index (Phi) is 7.64. The first kappa shape index (κ1) is 23.2. The smallest absolute Gasteiger partial charge is 0.325 e. The number of hydrogen-bond acceptors (Lipinski definition) is 5. The second-order valence-corrected chi connectivity index (χ2v) is 8.87. The van der Waals surface area contributed by atoms with Crippen LogP contribution in [0.5, 0.6) is 0 Å². The molecule has 0 radical (unpaired) electrons. The van der Waals surface area contributed by atoms with Crippen LogP contribution in [0.1, 0.15) is 12.6 Å². The molecule has 1 amide bonds. The quantitative estimate of drug-likeness (QED) is 0.489. The lowest BCUT2D eigenvalue weighted by Crippen LogP contribution is -2.27. The zero-order valence-corrected chi connectivity index (χ0v) is 19.6. The molecule has 0 spiro atoms. The topological polar surface area (TPSA) is 63.6 Å². The Morgan fingerprint density at radius 2 is 1.87 bits per heavy atom. The maximum atomic E-state index is 12.5. The lowest BCUT2D eigenvalue weighted by atomic mass is 10.2. The zero-order chi connectivity index (χ0) is 22.5. The van der Waals surface area contributed by atoms with Gasteiger partial charge < -0.3 is 19.5 Å². The standard InChI is InChI=1S/C23H26ClN3O3S/c1-5-30-21(29)14-27-15(2)23(31-17-11-9-16(24)10-12-17)22-18(7-6-8-19(22)27)25-20(28)13-26(3)4/h6-12H,5,13-14H2,1-4H3,(H,25,28). The van der Waals surface area contributed by atoms with Crippen molar-refractivity contribution in [3.8, 4) is 0 Å². The summed E-state index contributed by atoms with van der Waals surface area (Å²) >= 11 is 7.62. The number of nitrogens with zero attached hydrogens (tertiary/aromatic N) is 2. The average Bonchev–Trinajstić information content (AvgIpc) is 2.96. The summed E-state index contributed by atoms with van der Waals surface area (Å²) in [5.41, 5.74) is 2.51. The SMILES string of the molecule is CCOC(=O)Cn1c(C)c(Sc2ccc(Cl)cc2)c2c(NC(=O)CN(C)C)cccc21. The van der Waals surface area contributed by atoms with Crippen LogP contribution in [0.25, 0.3) is 10.9 Å². The maximum absolute atomic E-state index is 12.5. The highest BCUT2D eigenvalue weighted by atomic mass is 35.5. The van der Waals surface area contributed by atoms with Crippen LogP contribution in [0.2, 0.25) is 5.02 Å². The van der Waals surface area contributed by atoms with Crippen LogP contribution in [0.15, 0.2) is 52.3 Å². The van der Waals surface area contributed by atoms with Gasteiger partial charge in [-0.25, -0.2) is 0 Å². The van der Waals surface area contributed by atoms with E-state index in [0.29, 0.717) is 17.3 Å². The van der Waals surface area contributed by atoms with Crippen LogP contribution < -0.4 is 5.32 Å². The number of hydrogen-bond donors (Lipinski definition) is 1. The second kappa shape index (κ2) is 10.2. The Labute approximate surface area is 191 Å². The Hall–Kier alpha value is -2.48. The van der Waals surface area contributed by atoms with Crippen LogP contribution in [0.3, 0.4) is 0 Å². The molecule has 0 fully saturated rings. The first-order valence-corrected chi connectivity index (χ1v) is 11.1. The highest BCUT2D eigenvalue weighted by Crippen LogP contribution is 2.42. The number of aromatic nitrogens is 1. The van der Waals surface area contributed by atoms with Gasteiger partial charge in [-0.3, -0.25) is 9.59 Å². The fraction of sp³-hybridized carbons (Fsp3) is 0.304. The molecule has 1 aromatic heterocycles. The number of carbonyl (C=O) groups excluding carboxylic acids is 2. The fourth-order valence-corrected chi connectivity index (χ4v) is 4.56. The van der Waals surface area contributed by atoms with Crippen molar-refractivity contribution in [1.82, 2.24) is 9.47 Å². The minimum absolute atomic E-state index is 0.101. The molecule has 0 atom stereocenters. The van der Waals surface area contributed by atoms with Crippen LogP contribution in [-0.4, -0.2) is 48.6 Å². The molecule has 164 valence electrons. The Morgan fingerprint density at radius 3 is 2.52 bits per heavy atom. The summed E-state index contributed by atoms with van der Waals surface area (Å²) < 4.78 is 7.11. The fourth-order valence-electron chi connectivity index (χ4n) is 3.35. The maximum Gasteiger partial charge on any atom is 0.325 e. The molecule has 0 aliphatic heterocycles. The number of rotatable bonds is 8. The number of benzene rings is 2. The highest BCUT2D eigenvalue weighted by molar-refractivity contribution is 7.99. The van der Waals surface area contributed by atoms with E-state index in [4.69, 9.17) is 16.3 Å². The van der Waals surface area contributed by atoms with Crippen molar-refractivity contribution in [3.63, 3.8) is 0 Å². The van der Waals surface area contributed by atoms with Crippen LogP contribution in [0, 0.1) is 6.92 Å². The van der Waals surface area contributed by atoms with Crippen LogP contribution in [0.4, 0.5) is 5.69 Å². The Balaban J connectivity index is 2.11. The van der Waals surface area contributed by atoms with E-state index in [1.165, 1.54) is 0 Å². The molecular weight excluding hydrogens is 434 g/mol. The summed E-state index contributed by atoms with van der Waals surface area (Å²) in [6.45, 7) is 4.47. The van der Waals surface area contributed by atoms with Crippen molar-refractivity contribution in [3.05, 3.63) is 53.2 Å². The van der Waals surface area contributed by atoms with Gasteiger partial charge in [-0.05, 0) is 64.3 Å². The molecule has 6 nitrogen and oxygen atoms in total. The number of amides is 1. The molecule has 3 aromatic rings. The third kappa shape index (κ3) is 5.61. The highest BCUT2D eigenvalue weighted by Gasteiger charge is 2.21. The van der Waals surface area contributed by atoms with E-state index in [9.17, 15) is 9.59 Å². The summed E-state index contributed by atoms with van der Waals surface area (Å²) in [5, 5.41) is 4.59. The minimum Gasteiger partial charge on any atom is -0.465 e. The normalized spacial score (nSPS) is 11.2. The molecule has 0 aliphatic carbocycles. The van der Waals surface area contributed by atoms with Gasteiger partial charge in [0.25, 0.3) is 0 Å². The average molecular weight is 460 g/mol. The number of likely N-dealkylation sites (N-methyl/N-ethyl adjacent to an activating group) is 1. The van der Waals surface area contributed by atoms with Gasteiger partial charge in [-0.2, -0.15) is 0 Å². The molecule has 0 saturated heterocycles. The third-order valence-electron chi connectivity index (χ3n) is 4.65. The number of ether oxygens (including phenoxy) is 1. The van der Waals surface area contributed by atoms with Crippen molar-refractivity contribution in [2.24, 2.45) is 0 Å². The summed E-state index contributed by atoms with van der Waals surface area (Å²) in [7, 11) is 3.70. The predicted octanol–water partition coefficient (Wildman–Crippen LogP) is 4.82. The van der Waals surface area contributed by atoms with E-state index in [1.54, 1.807) is 18.7 Å². The van der Waals surface area contributed by atoms with E-state index >= 15 is 0 Å². The molecule has 0 bridgehead atoms. The lowest BCUT2D eigenvalue weighted by Gasteiger charge is -2.12. The summed E-state index contributed by atoms with van der Waals surface area (Å²) in [5.74, 6) is -0.400. The van der Waals surface area contributed by atoms with Gasteiger partial charge in [-0.15, -0.1) is 0 Å². The number of halogens is 1. The minimum atomic E-state index is -0.299. The van der Waals surface area contributed by atoms with Crippen LogP contribution in [-0.2, 0) is 20.9 Å². The first-order valence-electron chi connectivity index (χ1n) is 9.95. The molecular formula is C23H26ClN3O3S. The molecule has 1 N–H and O–H groups in total. The van der Waals surface area contributed by atoms with Gasteiger partial charge in [-0.1, -0.05) is 29.4 Å². The van der Waals surface area contributed by atoms with Gasteiger partial charge in [0.1, 0.15) is 6.54 Å². The van der Waals surface area contributed by atoms with Gasteiger partial charge in [0.2, 0.25) is 5.91 Å². The molecule has 2 aromatic carbocycles. The molecule has 0 aliphatic rings. The number of anilines is 1. The molecule has 31 heavy (non-hydrogen) atoms. The number of esters is 1. The Bertz CT molecular complexity index is 1090. The van der Waals surface area contributed by atoms with Crippen molar-refractivity contribution in [2.45, 2.75) is 30.2 Å². The van der Waals surface area contributed by atoms with Crippen molar-refractivity contribution < 1.29 is 14.3 Å². The second-order valence-electron chi connectivity index (χ2n) is 7.35. The number of fused-ring (bicyclic) bond motifs is 1. The number of nitrogens with one attached hydrogen (secondary N) is 1. The van der Waals surface area contributed by atoms with Crippen molar-refractivity contribution in [2.75, 3.05) is 32.6 Å². The molecule has 1 heterocycles. The van der Waals surface area contributed by atoms with Gasteiger partial charge in [0.05, 0.1) is 24.4 Å². The van der Waals surface area contributed by atoms with Gasteiger partial charge in [0, 0.05) is 25.9 Å². The molecule has 8 heteroatoms. The zero-order valence-electron chi connectivity index (χ0n) is 18.1.